The lowest BCUT2D eigenvalue weighted by atomic mass is 10.2. The van der Waals surface area contributed by atoms with Crippen molar-refractivity contribution in [1.29, 1.82) is 0 Å². The van der Waals surface area contributed by atoms with Crippen molar-refractivity contribution >= 4 is 33.0 Å². The number of aromatic nitrogens is 2. The predicted molar refractivity (Wildman–Crippen MR) is 110 cm³/mol. The maximum Gasteiger partial charge on any atom is 0.242 e. The molecule has 2 heterocycles. The third-order valence-electron chi connectivity index (χ3n) is 4.03. The number of aryl methyl sites for hydroxylation is 1. The fourth-order valence-corrected chi connectivity index (χ4v) is 4.49. The van der Waals surface area contributed by atoms with E-state index in [2.05, 4.69) is 15.3 Å². The number of rotatable bonds is 6. The molecule has 1 aromatic carbocycles. The lowest BCUT2D eigenvalue weighted by Crippen LogP contribution is -2.23. The maximum absolute atomic E-state index is 12.4. The highest BCUT2D eigenvalue weighted by Crippen LogP contribution is 2.24. The summed E-state index contributed by atoms with van der Waals surface area (Å²) in [5.74, 6) is -0.264. The predicted octanol–water partition coefficient (Wildman–Crippen LogP) is 2.95. The number of hydrogen-bond acceptors (Lipinski definition) is 6. The van der Waals surface area contributed by atoms with Crippen LogP contribution in [-0.2, 0) is 21.2 Å². The summed E-state index contributed by atoms with van der Waals surface area (Å²) in [7, 11) is -0.638. The number of pyridine rings is 1. The average Bonchev–Trinajstić information content (AvgIpc) is 3.12. The summed E-state index contributed by atoms with van der Waals surface area (Å²) in [6.07, 6.45) is 3.51. The van der Waals surface area contributed by atoms with Gasteiger partial charge in [-0.25, -0.2) is 17.7 Å². The van der Waals surface area contributed by atoms with Crippen LogP contribution in [0.15, 0.2) is 53.0 Å². The molecule has 0 unspecified atom stereocenters. The smallest absolute Gasteiger partial charge is 0.242 e. The van der Waals surface area contributed by atoms with E-state index >= 15 is 0 Å². The molecule has 28 heavy (non-hydrogen) atoms. The number of amides is 1. The Labute approximate surface area is 168 Å². The van der Waals surface area contributed by atoms with Gasteiger partial charge in [-0.2, -0.15) is 0 Å². The zero-order valence-electron chi connectivity index (χ0n) is 15.7. The first kappa shape index (κ1) is 20.1. The van der Waals surface area contributed by atoms with Gasteiger partial charge in [0.25, 0.3) is 0 Å². The molecule has 0 saturated heterocycles. The number of nitrogens with zero attached hydrogens (tertiary/aromatic N) is 3. The quantitative estimate of drug-likeness (QED) is 0.667. The molecule has 0 aliphatic rings. The molecule has 3 aromatic rings. The lowest BCUT2D eigenvalue weighted by molar-refractivity contribution is -0.115. The second-order valence-corrected chi connectivity index (χ2v) is 9.36. The molecule has 0 atom stereocenters. The van der Waals surface area contributed by atoms with Crippen LogP contribution < -0.4 is 5.32 Å². The SMILES string of the molecule is Cc1ccc(NC(=O)Cc2csc(-c3cccnc3)n2)cc1S(=O)(=O)N(C)C. The van der Waals surface area contributed by atoms with Gasteiger partial charge < -0.3 is 5.32 Å². The molecular weight excluding hydrogens is 396 g/mol. The van der Waals surface area contributed by atoms with Gasteiger partial charge >= 0.3 is 0 Å². The van der Waals surface area contributed by atoms with Crippen LogP contribution in [0.4, 0.5) is 5.69 Å². The van der Waals surface area contributed by atoms with Crippen LogP contribution in [0, 0.1) is 6.92 Å². The Morgan fingerprint density at radius 1 is 1.25 bits per heavy atom. The molecule has 146 valence electrons. The first-order valence-electron chi connectivity index (χ1n) is 8.45. The Bertz CT molecular complexity index is 1090. The Hall–Kier alpha value is -2.62. The summed E-state index contributed by atoms with van der Waals surface area (Å²) < 4.78 is 26.0. The van der Waals surface area contributed by atoms with Crippen LogP contribution in [0.1, 0.15) is 11.3 Å². The van der Waals surface area contributed by atoms with Crippen molar-refractivity contribution in [3.63, 3.8) is 0 Å². The van der Waals surface area contributed by atoms with Crippen molar-refractivity contribution in [2.45, 2.75) is 18.2 Å². The second-order valence-electron chi connectivity index (χ2n) is 6.38. The van der Waals surface area contributed by atoms with E-state index in [9.17, 15) is 13.2 Å². The van der Waals surface area contributed by atoms with Gasteiger partial charge in [-0.15, -0.1) is 11.3 Å². The topological polar surface area (TPSA) is 92.3 Å². The van der Waals surface area contributed by atoms with Crippen LogP contribution in [-0.4, -0.2) is 42.7 Å². The molecule has 7 nitrogen and oxygen atoms in total. The second kappa shape index (κ2) is 8.17. The maximum atomic E-state index is 12.4. The van der Waals surface area contributed by atoms with E-state index in [-0.39, 0.29) is 17.2 Å². The monoisotopic (exact) mass is 416 g/mol. The highest BCUT2D eigenvalue weighted by molar-refractivity contribution is 7.89. The molecule has 0 fully saturated rings. The van der Waals surface area contributed by atoms with E-state index in [1.165, 1.54) is 31.5 Å². The molecule has 3 rings (SSSR count). The normalized spacial score (nSPS) is 11.6. The fraction of sp³-hybridized carbons (Fsp3) is 0.211. The number of thiazole rings is 1. The fourth-order valence-electron chi connectivity index (χ4n) is 2.53. The van der Waals surface area contributed by atoms with Crippen LogP contribution in [0.5, 0.6) is 0 Å². The van der Waals surface area contributed by atoms with E-state index in [4.69, 9.17) is 0 Å². The van der Waals surface area contributed by atoms with Crippen molar-refractivity contribution in [1.82, 2.24) is 14.3 Å². The van der Waals surface area contributed by atoms with Crippen LogP contribution >= 0.6 is 11.3 Å². The Morgan fingerprint density at radius 2 is 2.04 bits per heavy atom. The summed E-state index contributed by atoms with van der Waals surface area (Å²) in [5, 5.41) is 5.38. The summed E-state index contributed by atoms with van der Waals surface area (Å²) in [5.41, 5.74) is 2.59. The highest BCUT2D eigenvalue weighted by Gasteiger charge is 2.20. The van der Waals surface area contributed by atoms with Gasteiger partial charge in [0.2, 0.25) is 15.9 Å². The number of hydrogen-bond donors (Lipinski definition) is 1. The number of benzene rings is 1. The number of anilines is 1. The molecule has 2 aromatic heterocycles. The number of carbonyl (C=O) groups excluding carboxylic acids is 1. The van der Waals surface area contributed by atoms with E-state index < -0.39 is 10.0 Å². The molecule has 9 heteroatoms. The van der Waals surface area contributed by atoms with Crippen molar-refractivity contribution in [2.75, 3.05) is 19.4 Å². The van der Waals surface area contributed by atoms with Crippen molar-refractivity contribution in [3.05, 3.63) is 59.4 Å². The molecule has 0 aliphatic carbocycles. The summed E-state index contributed by atoms with van der Waals surface area (Å²) in [6.45, 7) is 1.72. The van der Waals surface area contributed by atoms with Crippen LogP contribution in [0.25, 0.3) is 10.6 Å². The first-order valence-corrected chi connectivity index (χ1v) is 10.8. The third-order valence-corrected chi connectivity index (χ3v) is 6.93. The van der Waals surface area contributed by atoms with Gasteiger partial charge in [-0.3, -0.25) is 9.78 Å². The minimum Gasteiger partial charge on any atom is -0.326 e. The lowest BCUT2D eigenvalue weighted by Gasteiger charge is -2.15. The molecule has 1 amide bonds. The van der Waals surface area contributed by atoms with Gasteiger partial charge in [0.05, 0.1) is 17.0 Å². The molecule has 1 N–H and O–H groups in total. The van der Waals surface area contributed by atoms with Gasteiger partial charge in [-0.05, 0) is 36.8 Å². The first-order chi connectivity index (χ1) is 13.3. The molecular formula is C19H20N4O3S2. The summed E-state index contributed by atoms with van der Waals surface area (Å²) >= 11 is 1.45. The van der Waals surface area contributed by atoms with Gasteiger partial charge in [0.1, 0.15) is 5.01 Å². The highest BCUT2D eigenvalue weighted by atomic mass is 32.2. The number of sulfonamides is 1. The summed E-state index contributed by atoms with van der Waals surface area (Å²) in [4.78, 5) is 21.1. The number of carbonyl (C=O) groups is 1. The van der Waals surface area contributed by atoms with Gasteiger partial charge in [0.15, 0.2) is 0 Å². The van der Waals surface area contributed by atoms with Crippen LogP contribution in [0.2, 0.25) is 0 Å². The molecule has 0 radical (unpaired) electrons. The molecule has 0 aliphatic heterocycles. The number of nitrogens with one attached hydrogen (secondary N) is 1. The zero-order valence-corrected chi connectivity index (χ0v) is 17.3. The van der Waals surface area contributed by atoms with Gasteiger partial charge in [0, 0.05) is 43.1 Å². The van der Waals surface area contributed by atoms with Crippen molar-refractivity contribution < 1.29 is 13.2 Å². The minimum atomic E-state index is -3.59. The molecule has 0 bridgehead atoms. The van der Waals surface area contributed by atoms with E-state index in [1.54, 1.807) is 31.5 Å². The standard InChI is InChI=1S/C19H20N4O3S2/c1-13-6-7-15(9-17(13)28(25,26)23(2)3)21-18(24)10-16-12-27-19(22-16)14-5-4-8-20-11-14/h4-9,11-12H,10H2,1-3H3,(H,21,24). The molecule has 0 spiro atoms. The molecule has 0 saturated carbocycles. The zero-order chi connectivity index (χ0) is 20.3. The van der Waals surface area contributed by atoms with Crippen molar-refractivity contribution in [3.8, 4) is 10.6 Å². The van der Waals surface area contributed by atoms with E-state index in [0.717, 1.165) is 14.9 Å². The minimum absolute atomic E-state index is 0.0976. The third kappa shape index (κ3) is 4.44. The van der Waals surface area contributed by atoms with Crippen LogP contribution in [0.3, 0.4) is 0 Å². The Morgan fingerprint density at radius 3 is 2.71 bits per heavy atom. The Balaban J connectivity index is 1.73. The average molecular weight is 417 g/mol. The largest absolute Gasteiger partial charge is 0.326 e. The summed E-state index contributed by atoms with van der Waals surface area (Å²) in [6, 6.07) is 8.58. The Kier molecular flexibility index (Phi) is 5.87. The van der Waals surface area contributed by atoms with E-state index in [0.29, 0.717) is 16.9 Å². The van der Waals surface area contributed by atoms with E-state index in [1.807, 2.05) is 17.5 Å². The van der Waals surface area contributed by atoms with Crippen molar-refractivity contribution in [2.24, 2.45) is 0 Å². The van der Waals surface area contributed by atoms with Gasteiger partial charge in [-0.1, -0.05) is 6.07 Å².